The van der Waals surface area contributed by atoms with E-state index in [9.17, 15) is 0 Å². The van der Waals surface area contributed by atoms with Crippen molar-refractivity contribution in [3.05, 3.63) is 95.6 Å². The fourth-order valence-electron chi connectivity index (χ4n) is 8.43. The maximum Gasteiger partial charge on any atom is 0.122 e. The molecule has 0 saturated heterocycles. The summed E-state index contributed by atoms with van der Waals surface area (Å²) in [6, 6.07) is 19.4. The summed E-state index contributed by atoms with van der Waals surface area (Å²) in [7, 11) is 0. The van der Waals surface area contributed by atoms with Gasteiger partial charge in [0.05, 0.1) is 0 Å². The molecule has 0 radical (unpaired) electrons. The Morgan fingerprint density at radius 3 is 2.30 bits per heavy atom. The summed E-state index contributed by atoms with van der Waals surface area (Å²) < 4.78 is 17.3. The van der Waals surface area contributed by atoms with Gasteiger partial charge in [-0.2, -0.15) is 0 Å². The van der Waals surface area contributed by atoms with E-state index < -0.39 is 5.67 Å². The normalized spacial score (nSPS) is 43.4. The largest absolute Gasteiger partial charge is 0.243 e. The van der Waals surface area contributed by atoms with Gasteiger partial charge in [0.2, 0.25) is 0 Å². The summed E-state index contributed by atoms with van der Waals surface area (Å²) >= 11 is 0. The van der Waals surface area contributed by atoms with Gasteiger partial charge in [0.1, 0.15) is 5.67 Å². The maximum absolute atomic E-state index is 17.3. The van der Waals surface area contributed by atoms with Crippen LogP contribution in [0.4, 0.5) is 4.39 Å². The molecular formula is C29H31F. The molecule has 4 fully saturated rings. The maximum atomic E-state index is 17.3. The standard InChI is InChI=1S/C29H31F/c1-22-11-7-8-14-24(22)26-17-27(25(2)15-9-4-10-16-25)20-28(18-26,29(30,19-26)21-27)23-12-5-3-6-13-23/h3-15H,16-21H2,1-2H3. The fraction of sp³-hybridized carbons (Fsp3) is 0.448. The molecule has 30 heavy (non-hydrogen) atoms. The number of aryl methyl sites for hydroxylation is 1. The van der Waals surface area contributed by atoms with Crippen LogP contribution < -0.4 is 0 Å². The van der Waals surface area contributed by atoms with Crippen LogP contribution in [-0.2, 0) is 10.8 Å². The minimum atomic E-state index is -1.13. The van der Waals surface area contributed by atoms with E-state index in [-0.39, 0.29) is 21.7 Å². The van der Waals surface area contributed by atoms with Gasteiger partial charge in [0.25, 0.3) is 0 Å². The average molecular weight is 399 g/mol. The Kier molecular flexibility index (Phi) is 3.57. The quantitative estimate of drug-likeness (QED) is 0.506. The molecular weight excluding hydrogens is 367 g/mol. The number of allylic oxidation sites excluding steroid dienone is 4. The molecule has 0 spiro atoms. The molecule has 2 aromatic carbocycles. The van der Waals surface area contributed by atoms with Gasteiger partial charge in [-0.1, -0.05) is 85.8 Å². The van der Waals surface area contributed by atoms with Crippen LogP contribution in [0.5, 0.6) is 0 Å². The summed E-state index contributed by atoms with van der Waals surface area (Å²) in [4.78, 5) is 0. The van der Waals surface area contributed by atoms with Crippen LogP contribution in [0.2, 0.25) is 0 Å². The molecule has 5 aliphatic rings. The molecule has 4 bridgehead atoms. The second-order valence-electron chi connectivity index (χ2n) is 11.1. The summed E-state index contributed by atoms with van der Waals surface area (Å²) in [5, 5.41) is 0. The van der Waals surface area contributed by atoms with Gasteiger partial charge in [-0.05, 0) is 73.0 Å². The fourth-order valence-corrected chi connectivity index (χ4v) is 8.43. The van der Waals surface area contributed by atoms with E-state index in [1.807, 2.05) is 0 Å². The van der Waals surface area contributed by atoms with Crippen molar-refractivity contribution in [3.8, 4) is 0 Å². The lowest BCUT2D eigenvalue weighted by atomic mass is 9.47. The van der Waals surface area contributed by atoms with E-state index in [4.69, 9.17) is 0 Å². The minimum absolute atomic E-state index is 0.00235. The van der Waals surface area contributed by atoms with Crippen LogP contribution >= 0.6 is 0 Å². The molecule has 0 aliphatic heterocycles. The van der Waals surface area contributed by atoms with Crippen molar-refractivity contribution < 1.29 is 4.39 Å². The Bertz CT molecular complexity index is 1070. The number of hydrogen-bond acceptors (Lipinski definition) is 0. The first kappa shape index (κ1) is 18.6. The molecule has 0 N–H and O–H groups in total. The SMILES string of the molecule is Cc1ccccc1C12CC3(F)CC(C4(C)C=CC=CC4)(C1)CC3(c1ccccc1)C2. The van der Waals surface area contributed by atoms with Crippen molar-refractivity contribution in [1.29, 1.82) is 0 Å². The number of benzene rings is 2. The highest BCUT2D eigenvalue weighted by molar-refractivity contribution is 5.49. The van der Waals surface area contributed by atoms with Crippen molar-refractivity contribution in [2.24, 2.45) is 10.8 Å². The van der Waals surface area contributed by atoms with Crippen molar-refractivity contribution in [2.75, 3.05) is 0 Å². The molecule has 5 aliphatic carbocycles. The Labute approximate surface area is 179 Å². The zero-order valence-electron chi connectivity index (χ0n) is 18.1. The molecule has 5 unspecified atom stereocenters. The summed E-state index contributed by atoms with van der Waals surface area (Å²) in [6.07, 6.45) is 14.5. The van der Waals surface area contributed by atoms with Crippen LogP contribution in [0.15, 0.2) is 78.9 Å². The van der Waals surface area contributed by atoms with Crippen LogP contribution in [0.1, 0.15) is 62.1 Å². The Hall–Kier alpha value is -2.15. The van der Waals surface area contributed by atoms with Gasteiger partial charge < -0.3 is 0 Å². The van der Waals surface area contributed by atoms with Crippen molar-refractivity contribution in [2.45, 2.75) is 68.9 Å². The second kappa shape index (κ2) is 5.75. The monoisotopic (exact) mass is 398 g/mol. The Morgan fingerprint density at radius 1 is 0.800 bits per heavy atom. The number of alkyl halides is 1. The van der Waals surface area contributed by atoms with E-state index in [1.54, 1.807) is 0 Å². The van der Waals surface area contributed by atoms with E-state index in [0.29, 0.717) is 12.8 Å². The molecule has 0 aromatic heterocycles. The van der Waals surface area contributed by atoms with E-state index >= 15 is 4.39 Å². The smallest absolute Gasteiger partial charge is 0.122 e. The minimum Gasteiger partial charge on any atom is -0.243 e. The Balaban J connectivity index is 1.59. The lowest BCUT2D eigenvalue weighted by Crippen LogP contribution is -2.49. The topological polar surface area (TPSA) is 0 Å². The third-order valence-corrected chi connectivity index (χ3v) is 9.56. The molecule has 0 nitrogen and oxygen atoms in total. The molecule has 7 rings (SSSR count). The van der Waals surface area contributed by atoms with Crippen LogP contribution in [0, 0.1) is 17.8 Å². The zero-order valence-corrected chi connectivity index (χ0v) is 18.1. The van der Waals surface area contributed by atoms with Gasteiger partial charge in [0, 0.05) is 10.8 Å². The van der Waals surface area contributed by atoms with Gasteiger partial charge in [-0.3, -0.25) is 0 Å². The van der Waals surface area contributed by atoms with Crippen molar-refractivity contribution in [3.63, 3.8) is 0 Å². The van der Waals surface area contributed by atoms with Gasteiger partial charge in [-0.25, -0.2) is 4.39 Å². The molecule has 0 heterocycles. The zero-order chi connectivity index (χ0) is 20.7. The predicted molar refractivity (Wildman–Crippen MR) is 121 cm³/mol. The molecule has 2 aromatic rings. The summed E-state index contributed by atoms with van der Waals surface area (Å²) in [6.45, 7) is 4.61. The van der Waals surface area contributed by atoms with E-state index in [2.05, 4.69) is 92.7 Å². The first-order valence-electron chi connectivity index (χ1n) is 11.5. The average Bonchev–Trinajstić information content (AvgIpc) is 3.05. The van der Waals surface area contributed by atoms with Crippen LogP contribution in [-0.4, -0.2) is 5.67 Å². The third-order valence-electron chi connectivity index (χ3n) is 9.56. The van der Waals surface area contributed by atoms with Gasteiger partial charge in [-0.15, -0.1) is 0 Å². The number of rotatable bonds is 3. The molecule has 0 amide bonds. The molecule has 154 valence electrons. The lowest BCUT2D eigenvalue weighted by molar-refractivity contribution is -0.00959. The van der Waals surface area contributed by atoms with E-state index in [1.165, 1.54) is 16.7 Å². The molecule has 4 saturated carbocycles. The van der Waals surface area contributed by atoms with E-state index in [0.717, 1.165) is 25.7 Å². The van der Waals surface area contributed by atoms with Crippen LogP contribution in [0.25, 0.3) is 0 Å². The van der Waals surface area contributed by atoms with Gasteiger partial charge in [0.15, 0.2) is 0 Å². The summed E-state index contributed by atoms with van der Waals surface area (Å²) in [5.41, 5.74) is 2.40. The third kappa shape index (κ3) is 2.12. The highest BCUT2D eigenvalue weighted by Gasteiger charge is 2.79. The Morgan fingerprint density at radius 2 is 1.57 bits per heavy atom. The number of halogens is 1. The first-order valence-corrected chi connectivity index (χ1v) is 11.5. The highest BCUT2D eigenvalue weighted by atomic mass is 19.1. The molecule has 1 heteroatoms. The first-order chi connectivity index (χ1) is 14.4. The number of hydrogen-bond donors (Lipinski definition) is 0. The van der Waals surface area contributed by atoms with Crippen molar-refractivity contribution in [1.82, 2.24) is 0 Å². The van der Waals surface area contributed by atoms with Crippen LogP contribution in [0.3, 0.4) is 0 Å². The summed E-state index contributed by atoms with van der Waals surface area (Å²) in [5.74, 6) is 0. The van der Waals surface area contributed by atoms with Gasteiger partial charge >= 0.3 is 0 Å². The highest BCUT2D eigenvalue weighted by Crippen LogP contribution is 2.81. The predicted octanol–water partition coefficient (Wildman–Crippen LogP) is 7.38. The lowest BCUT2D eigenvalue weighted by Gasteiger charge is -2.56. The molecule has 5 atom stereocenters. The second-order valence-corrected chi connectivity index (χ2v) is 11.1. The van der Waals surface area contributed by atoms with Crippen molar-refractivity contribution >= 4 is 0 Å².